The van der Waals surface area contributed by atoms with Crippen molar-refractivity contribution >= 4 is 0 Å². The fourth-order valence-corrected chi connectivity index (χ4v) is 3.94. The van der Waals surface area contributed by atoms with E-state index in [9.17, 15) is 0 Å². The Labute approximate surface area is 93.4 Å². The lowest BCUT2D eigenvalue weighted by molar-refractivity contribution is -0.0144. The van der Waals surface area contributed by atoms with Crippen molar-refractivity contribution < 1.29 is 0 Å². The summed E-state index contributed by atoms with van der Waals surface area (Å²) in [6.45, 7) is 2.48. The molecule has 3 rings (SSSR count). The fourth-order valence-electron chi connectivity index (χ4n) is 3.94. The lowest BCUT2D eigenvalue weighted by Gasteiger charge is -2.52. The first-order valence-electron chi connectivity index (χ1n) is 6.69. The molecule has 2 nitrogen and oxygen atoms in total. The number of nitrogens with zero attached hydrogens (tertiary/aromatic N) is 1. The first-order valence-corrected chi connectivity index (χ1v) is 6.69. The Morgan fingerprint density at radius 1 is 1.13 bits per heavy atom. The second-order valence-electron chi connectivity index (χ2n) is 6.10. The Morgan fingerprint density at radius 3 is 2.20 bits per heavy atom. The predicted molar refractivity (Wildman–Crippen MR) is 63.0 cm³/mol. The van der Waals surface area contributed by atoms with Crippen molar-refractivity contribution in [2.45, 2.75) is 75.5 Å². The van der Waals surface area contributed by atoms with Gasteiger partial charge < -0.3 is 5.32 Å². The van der Waals surface area contributed by atoms with Gasteiger partial charge in [-0.2, -0.15) is 0 Å². The van der Waals surface area contributed by atoms with Crippen LogP contribution in [0.25, 0.3) is 0 Å². The minimum absolute atomic E-state index is 0.606. The van der Waals surface area contributed by atoms with Gasteiger partial charge in [0.25, 0.3) is 0 Å². The van der Waals surface area contributed by atoms with Crippen molar-refractivity contribution in [3.8, 4) is 0 Å². The number of hydrogen-bond acceptors (Lipinski definition) is 2. The smallest absolute Gasteiger partial charge is 0.0188 e. The van der Waals surface area contributed by atoms with Gasteiger partial charge in [-0.25, -0.2) is 0 Å². The number of hydrogen-bond donors (Lipinski definition) is 1. The molecule has 3 aliphatic rings. The molecule has 2 heterocycles. The van der Waals surface area contributed by atoms with Crippen molar-refractivity contribution in [3.63, 3.8) is 0 Å². The van der Waals surface area contributed by atoms with Crippen LogP contribution in [0.3, 0.4) is 0 Å². The summed E-state index contributed by atoms with van der Waals surface area (Å²) < 4.78 is 0. The molecule has 2 unspecified atom stereocenters. The lowest BCUT2D eigenvalue weighted by atomic mass is 9.80. The molecule has 1 N–H and O–H groups in total. The highest BCUT2D eigenvalue weighted by Crippen LogP contribution is 2.49. The standard InChI is InChI=1S/C13H24N2/c1-13(6-7-13)15-11-4-3-5-12(15)9-10(8-11)14-2/h10-12,14H,3-9H2,1-2H3. The lowest BCUT2D eigenvalue weighted by Crippen LogP contribution is -2.59. The van der Waals surface area contributed by atoms with Crippen LogP contribution in [0.2, 0.25) is 0 Å². The van der Waals surface area contributed by atoms with Gasteiger partial charge >= 0.3 is 0 Å². The normalized spacial score (nSPS) is 44.0. The van der Waals surface area contributed by atoms with Crippen molar-refractivity contribution in [3.05, 3.63) is 0 Å². The van der Waals surface area contributed by atoms with E-state index in [0.717, 1.165) is 18.1 Å². The van der Waals surface area contributed by atoms with Gasteiger partial charge in [0.05, 0.1) is 0 Å². The highest BCUT2D eigenvalue weighted by Gasteiger charge is 2.52. The van der Waals surface area contributed by atoms with E-state index in [2.05, 4.69) is 24.2 Å². The summed E-state index contributed by atoms with van der Waals surface area (Å²) in [7, 11) is 2.13. The maximum atomic E-state index is 3.50. The molecule has 15 heavy (non-hydrogen) atoms. The minimum atomic E-state index is 0.606. The molecule has 0 aromatic carbocycles. The van der Waals surface area contributed by atoms with E-state index >= 15 is 0 Å². The van der Waals surface area contributed by atoms with Crippen molar-refractivity contribution in [2.24, 2.45) is 0 Å². The molecule has 3 fully saturated rings. The van der Waals surface area contributed by atoms with Crippen LogP contribution in [0.4, 0.5) is 0 Å². The van der Waals surface area contributed by atoms with Crippen LogP contribution in [0.15, 0.2) is 0 Å². The first-order chi connectivity index (χ1) is 7.23. The van der Waals surface area contributed by atoms with Gasteiger partial charge in [0, 0.05) is 23.7 Å². The Hall–Kier alpha value is -0.0800. The second kappa shape index (κ2) is 3.46. The topological polar surface area (TPSA) is 15.3 Å². The molecule has 2 atom stereocenters. The summed E-state index contributed by atoms with van der Waals surface area (Å²) in [5, 5.41) is 3.50. The molecular formula is C13H24N2. The van der Waals surface area contributed by atoms with Gasteiger partial charge in [0.1, 0.15) is 0 Å². The summed E-state index contributed by atoms with van der Waals surface area (Å²) in [5.41, 5.74) is 0.606. The van der Waals surface area contributed by atoms with Crippen LogP contribution in [0.5, 0.6) is 0 Å². The molecule has 1 aliphatic carbocycles. The third-order valence-electron chi connectivity index (χ3n) is 4.98. The third-order valence-corrected chi connectivity index (χ3v) is 4.98. The van der Waals surface area contributed by atoms with Gasteiger partial charge in [-0.05, 0) is 52.5 Å². The summed E-state index contributed by atoms with van der Waals surface area (Å²) in [5.74, 6) is 0. The Balaban J connectivity index is 1.79. The molecule has 0 spiro atoms. The molecule has 0 radical (unpaired) electrons. The van der Waals surface area contributed by atoms with Gasteiger partial charge in [-0.15, -0.1) is 0 Å². The molecule has 86 valence electrons. The van der Waals surface area contributed by atoms with Crippen LogP contribution in [0.1, 0.15) is 51.9 Å². The molecule has 1 saturated carbocycles. The van der Waals surface area contributed by atoms with Crippen LogP contribution >= 0.6 is 0 Å². The average molecular weight is 208 g/mol. The summed E-state index contributed by atoms with van der Waals surface area (Å²) in [6.07, 6.45) is 10.0. The Kier molecular flexibility index (Phi) is 2.33. The SMILES string of the molecule is CNC1CC2CCCC(C1)N2C1(C)CC1. The molecule has 2 saturated heterocycles. The highest BCUT2D eigenvalue weighted by molar-refractivity contribution is 5.08. The zero-order valence-corrected chi connectivity index (χ0v) is 10.1. The number of piperidine rings is 2. The maximum absolute atomic E-state index is 3.50. The average Bonchev–Trinajstić information content (AvgIpc) is 2.95. The van der Waals surface area contributed by atoms with E-state index in [4.69, 9.17) is 0 Å². The first kappa shape index (κ1) is 10.1. The monoisotopic (exact) mass is 208 g/mol. The third kappa shape index (κ3) is 1.62. The Bertz CT molecular complexity index is 233. The largest absolute Gasteiger partial charge is 0.317 e. The zero-order chi connectivity index (χ0) is 10.5. The van der Waals surface area contributed by atoms with E-state index in [-0.39, 0.29) is 0 Å². The van der Waals surface area contributed by atoms with Crippen molar-refractivity contribution in [2.75, 3.05) is 7.05 Å². The van der Waals surface area contributed by atoms with Crippen molar-refractivity contribution in [1.82, 2.24) is 10.2 Å². The number of rotatable bonds is 2. The van der Waals surface area contributed by atoms with E-state index in [0.29, 0.717) is 5.54 Å². The van der Waals surface area contributed by atoms with Crippen LogP contribution < -0.4 is 5.32 Å². The predicted octanol–water partition coefficient (Wildman–Crippen LogP) is 2.14. The molecule has 2 bridgehead atoms. The number of fused-ring (bicyclic) bond motifs is 2. The van der Waals surface area contributed by atoms with Gasteiger partial charge in [0.2, 0.25) is 0 Å². The summed E-state index contributed by atoms with van der Waals surface area (Å²) in [4.78, 5) is 2.91. The van der Waals surface area contributed by atoms with Gasteiger partial charge in [-0.3, -0.25) is 4.90 Å². The van der Waals surface area contributed by atoms with E-state index in [1.807, 2.05) is 0 Å². The minimum Gasteiger partial charge on any atom is -0.317 e. The van der Waals surface area contributed by atoms with E-state index in [1.165, 1.54) is 44.9 Å². The zero-order valence-electron chi connectivity index (χ0n) is 10.1. The van der Waals surface area contributed by atoms with Gasteiger partial charge in [0.15, 0.2) is 0 Å². The molecular weight excluding hydrogens is 184 g/mol. The summed E-state index contributed by atoms with van der Waals surface area (Å²) in [6, 6.07) is 2.57. The molecule has 0 amide bonds. The molecule has 2 aliphatic heterocycles. The summed E-state index contributed by atoms with van der Waals surface area (Å²) >= 11 is 0. The van der Waals surface area contributed by atoms with Crippen molar-refractivity contribution in [1.29, 1.82) is 0 Å². The molecule has 2 heteroatoms. The van der Waals surface area contributed by atoms with Gasteiger partial charge in [-0.1, -0.05) is 6.42 Å². The quantitative estimate of drug-likeness (QED) is 0.748. The van der Waals surface area contributed by atoms with Crippen LogP contribution in [-0.2, 0) is 0 Å². The highest BCUT2D eigenvalue weighted by atomic mass is 15.3. The fraction of sp³-hybridized carbons (Fsp3) is 1.00. The second-order valence-corrected chi connectivity index (χ2v) is 6.10. The van der Waals surface area contributed by atoms with E-state index < -0.39 is 0 Å². The molecule has 0 aromatic rings. The number of nitrogens with one attached hydrogen (secondary N) is 1. The van der Waals surface area contributed by atoms with E-state index in [1.54, 1.807) is 0 Å². The van der Waals surface area contributed by atoms with Crippen LogP contribution in [-0.4, -0.2) is 35.6 Å². The Morgan fingerprint density at radius 2 is 1.73 bits per heavy atom. The maximum Gasteiger partial charge on any atom is 0.0188 e. The molecule has 0 aromatic heterocycles. The van der Waals surface area contributed by atoms with Crippen LogP contribution in [0, 0.1) is 0 Å².